The first kappa shape index (κ1) is 14.0. The van der Waals surface area contributed by atoms with Crippen molar-refractivity contribution in [2.24, 2.45) is 5.92 Å². The Kier molecular flexibility index (Phi) is 6.06. The van der Waals surface area contributed by atoms with E-state index in [9.17, 15) is 0 Å². The molecule has 1 aromatic carbocycles. The number of hydrogen-bond donors (Lipinski definition) is 1. The molecule has 0 fully saturated rings. The average Bonchev–Trinajstić information content (AvgIpc) is 2.34. The highest BCUT2D eigenvalue weighted by Gasteiger charge is 2.01. The quantitative estimate of drug-likeness (QED) is 0.779. The van der Waals surface area contributed by atoms with Crippen LogP contribution in [0.4, 0.5) is 0 Å². The van der Waals surface area contributed by atoms with Crippen molar-refractivity contribution in [1.82, 2.24) is 5.32 Å². The largest absolute Gasteiger partial charge is 0.493 e. The van der Waals surface area contributed by atoms with Crippen molar-refractivity contribution in [2.45, 2.75) is 46.7 Å². The Bertz CT molecular complexity index is 305. The van der Waals surface area contributed by atoms with Gasteiger partial charge in [-0.15, -0.1) is 0 Å². The van der Waals surface area contributed by atoms with E-state index in [0.717, 1.165) is 25.3 Å². The Morgan fingerprint density at radius 1 is 1.12 bits per heavy atom. The maximum Gasteiger partial charge on any atom is 0.119 e. The molecule has 1 aromatic rings. The zero-order valence-electron chi connectivity index (χ0n) is 11.5. The first-order valence-electron chi connectivity index (χ1n) is 6.57. The molecule has 2 heteroatoms. The zero-order chi connectivity index (χ0) is 12.7. The highest BCUT2D eigenvalue weighted by atomic mass is 16.5. The fourth-order valence-electron chi connectivity index (χ4n) is 1.38. The van der Waals surface area contributed by atoms with Gasteiger partial charge >= 0.3 is 0 Å². The van der Waals surface area contributed by atoms with Crippen molar-refractivity contribution in [2.75, 3.05) is 6.61 Å². The lowest BCUT2D eigenvalue weighted by Crippen LogP contribution is -2.21. The van der Waals surface area contributed by atoms with Crippen LogP contribution < -0.4 is 10.1 Å². The standard InChI is InChI=1S/C15H25NO/c1-5-13(4)11-17-15-8-6-14(7-9-15)10-16-12(2)3/h6-9,12-13,16H,5,10-11H2,1-4H3. The number of rotatable bonds is 7. The van der Waals surface area contributed by atoms with Gasteiger partial charge in [0.05, 0.1) is 6.61 Å². The van der Waals surface area contributed by atoms with Crippen LogP contribution in [-0.4, -0.2) is 12.6 Å². The fraction of sp³-hybridized carbons (Fsp3) is 0.600. The van der Waals surface area contributed by atoms with Gasteiger partial charge in [0.25, 0.3) is 0 Å². The lowest BCUT2D eigenvalue weighted by atomic mass is 10.1. The van der Waals surface area contributed by atoms with Crippen LogP contribution in [0, 0.1) is 5.92 Å². The molecule has 0 radical (unpaired) electrons. The summed E-state index contributed by atoms with van der Waals surface area (Å²) in [4.78, 5) is 0. The van der Waals surface area contributed by atoms with E-state index in [1.807, 2.05) is 0 Å². The molecule has 2 nitrogen and oxygen atoms in total. The second-order valence-corrected chi connectivity index (χ2v) is 5.00. The molecular weight excluding hydrogens is 210 g/mol. The molecule has 0 aliphatic carbocycles. The van der Waals surface area contributed by atoms with Crippen LogP contribution in [0.15, 0.2) is 24.3 Å². The maximum atomic E-state index is 5.72. The molecule has 0 spiro atoms. The van der Waals surface area contributed by atoms with Gasteiger partial charge in [0.2, 0.25) is 0 Å². The van der Waals surface area contributed by atoms with E-state index < -0.39 is 0 Å². The Morgan fingerprint density at radius 3 is 2.29 bits per heavy atom. The Hall–Kier alpha value is -1.02. The summed E-state index contributed by atoms with van der Waals surface area (Å²) >= 11 is 0. The molecule has 0 aromatic heterocycles. The lowest BCUT2D eigenvalue weighted by Gasteiger charge is -2.12. The van der Waals surface area contributed by atoms with Crippen LogP contribution in [-0.2, 0) is 6.54 Å². The van der Waals surface area contributed by atoms with E-state index >= 15 is 0 Å². The molecular formula is C15H25NO. The smallest absolute Gasteiger partial charge is 0.119 e. The van der Waals surface area contributed by atoms with E-state index in [0.29, 0.717) is 12.0 Å². The minimum Gasteiger partial charge on any atom is -0.493 e. The van der Waals surface area contributed by atoms with Crippen molar-refractivity contribution >= 4 is 0 Å². The highest BCUT2D eigenvalue weighted by Crippen LogP contribution is 2.14. The molecule has 1 rings (SSSR count). The first-order valence-corrected chi connectivity index (χ1v) is 6.57. The monoisotopic (exact) mass is 235 g/mol. The fourth-order valence-corrected chi connectivity index (χ4v) is 1.38. The highest BCUT2D eigenvalue weighted by molar-refractivity contribution is 5.27. The van der Waals surface area contributed by atoms with Crippen molar-refractivity contribution in [3.63, 3.8) is 0 Å². The van der Waals surface area contributed by atoms with Gasteiger partial charge in [-0.05, 0) is 23.6 Å². The summed E-state index contributed by atoms with van der Waals surface area (Å²) in [7, 11) is 0. The molecule has 0 bridgehead atoms. The zero-order valence-corrected chi connectivity index (χ0v) is 11.5. The van der Waals surface area contributed by atoms with E-state index in [4.69, 9.17) is 4.74 Å². The number of benzene rings is 1. The first-order chi connectivity index (χ1) is 8.11. The summed E-state index contributed by atoms with van der Waals surface area (Å²) in [6.07, 6.45) is 1.16. The van der Waals surface area contributed by atoms with Crippen LogP contribution in [0.3, 0.4) is 0 Å². The minimum absolute atomic E-state index is 0.524. The van der Waals surface area contributed by atoms with Gasteiger partial charge in [-0.2, -0.15) is 0 Å². The Labute approximate surface area is 105 Å². The second kappa shape index (κ2) is 7.33. The third-order valence-corrected chi connectivity index (χ3v) is 2.87. The number of hydrogen-bond acceptors (Lipinski definition) is 2. The predicted molar refractivity (Wildman–Crippen MR) is 73.4 cm³/mol. The molecule has 0 heterocycles. The topological polar surface area (TPSA) is 21.3 Å². The molecule has 1 N–H and O–H groups in total. The van der Waals surface area contributed by atoms with Gasteiger partial charge < -0.3 is 10.1 Å². The van der Waals surface area contributed by atoms with Crippen molar-refractivity contribution < 1.29 is 4.74 Å². The third-order valence-electron chi connectivity index (χ3n) is 2.87. The van der Waals surface area contributed by atoms with E-state index in [-0.39, 0.29) is 0 Å². The molecule has 1 unspecified atom stereocenters. The van der Waals surface area contributed by atoms with Crippen LogP contribution >= 0.6 is 0 Å². The third kappa shape index (κ3) is 5.73. The molecule has 1 atom stereocenters. The van der Waals surface area contributed by atoms with Gasteiger partial charge in [0, 0.05) is 12.6 Å². The molecule has 0 saturated heterocycles. The van der Waals surface area contributed by atoms with Crippen LogP contribution in [0.25, 0.3) is 0 Å². The van der Waals surface area contributed by atoms with E-state index in [2.05, 4.69) is 57.3 Å². The van der Waals surface area contributed by atoms with Crippen LogP contribution in [0.2, 0.25) is 0 Å². The molecule has 96 valence electrons. The molecule has 0 aliphatic rings. The predicted octanol–water partition coefficient (Wildman–Crippen LogP) is 3.61. The summed E-state index contributed by atoms with van der Waals surface area (Å²) in [5, 5.41) is 3.40. The summed E-state index contributed by atoms with van der Waals surface area (Å²) < 4.78 is 5.72. The van der Waals surface area contributed by atoms with E-state index in [1.165, 1.54) is 5.56 Å². The van der Waals surface area contributed by atoms with Crippen LogP contribution in [0.5, 0.6) is 5.75 Å². The lowest BCUT2D eigenvalue weighted by molar-refractivity contribution is 0.256. The van der Waals surface area contributed by atoms with Crippen LogP contribution in [0.1, 0.15) is 39.7 Å². The molecule has 17 heavy (non-hydrogen) atoms. The summed E-state index contributed by atoms with van der Waals surface area (Å²) in [5.74, 6) is 1.59. The summed E-state index contributed by atoms with van der Waals surface area (Å²) in [6.45, 7) is 10.4. The summed E-state index contributed by atoms with van der Waals surface area (Å²) in [6, 6.07) is 8.89. The normalized spacial score (nSPS) is 12.8. The average molecular weight is 235 g/mol. The van der Waals surface area contributed by atoms with Crippen molar-refractivity contribution in [3.8, 4) is 5.75 Å². The SMILES string of the molecule is CCC(C)COc1ccc(CNC(C)C)cc1. The Morgan fingerprint density at radius 2 is 1.76 bits per heavy atom. The van der Waals surface area contributed by atoms with Crippen molar-refractivity contribution in [1.29, 1.82) is 0 Å². The van der Waals surface area contributed by atoms with Gasteiger partial charge in [0.1, 0.15) is 5.75 Å². The minimum atomic E-state index is 0.524. The number of nitrogens with one attached hydrogen (secondary N) is 1. The van der Waals surface area contributed by atoms with E-state index in [1.54, 1.807) is 0 Å². The van der Waals surface area contributed by atoms with Gasteiger partial charge in [-0.1, -0.05) is 46.2 Å². The maximum absolute atomic E-state index is 5.72. The summed E-state index contributed by atoms with van der Waals surface area (Å²) in [5.41, 5.74) is 1.30. The van der Waals surface area contributed by atoms with Gasteiger partial charge in [-0.3, -0.25) is 0 Å². The van der Waals surface area contributed by atoms with Crippen molar-refractivity contribution in [3.05, 3.63) is 29.8 Å². The second-order valence-electron chi connectivity index (χ2n) is 5.00. The van der Waals surface area contributed by atoms with Gasteiger partial charge in [0.15, 0.2) is 0 Å². The molecule has 0 amide bonds. The Balaban J connectivity index is 2.39. The molecule has 0 aliphatic heterocycles. The molecule has 0 saturated carbocycles. The number of ether oxygens (including phenoxy) is 1. The van der Waals surface area contributed by atoms with Gasteiger partial charge in [-0.25, -0.2) is 0 Å².